The van der Waals surface area contributed by atoms with Crippen molar-refractivity contribution in [1.29, 1.82) is 0 Å². The van der Waals surface area contributed by atoms with Crippen molar-refractivity contribution >= 4 is 31.9 Å². The molecule has 1 heterocycles. The van der Waals surface area contributed by atoms with Gasteiger partial charge < -0.3 is 4.74 Å². The molecule has 0 N–H and O–H groups in total. The number of rotatable bonds is 3. The summed E-state index contributed by atoms with van der Waals surface area (Å²) < 4.78 is 9.81. The minimum Gasteiger partial charge on any atom is -0.486 e. The molecule has 0 saturated heterocycles. The van der Waals surface area contributed by atoms with E-state index in [1.54, 1.807) is 13.1 Å². The molecule has 0 aliphatic heterocycles. The predicted octanol–water partition coefficient (Wildman–Crippen LogP) is 2.19. The van der Waals surface area contributed by atoms with Crippen LogP contribution in [0.1, 0.15) is 5.69 Å². The van der Waals surface area contributed by atoms with Crippen LogP contribution in [0.25, 0.3) is 0 Å². The maximum absolute atomic E-state index is 11.8. The van der Waals surface area contributed by atoms with Crippen LogP contribution in [-0.2, 0) is 20.7 Å². The van der Waals surface area contributed by atoms with Gasteiger partial charge >= 0.3 is 5.69 Å². The fourth-order valence-electron chi connectivity index (χ4n) is 1.66. The quantitative estimate of drug-likeness (QED) is 0.789. The largest absolute Gasteiger partial charge is 0.486 e. The summed E-state index contributed by atoms with van der Waals surface area (Å²) in [6, 6.07) is 6.91. The van der Waals surface area contributed by atoms with Crippen molar-refractivity contribution < 1.29 is 4.74 Å². The molecule has 5 nitrogen and oxygen atoms in total. The summed E-state index contributed by atoms with van der Waals surface area (Å²) >= 11 is 6.75. The van der Waals surface area contributed by atoms with Crippen molar-refractivity contribution in [3.8, 4) is 5.75 Å². The number of aromatic nitrogens is 2. The van der Waals surface area contributed by atoms with Gasteiger partial charge in [0.05, 0.1) is 10.2 Å². The first-order valence-electron chi connectivity index (χ1n) is 5.74. The van der Waals surface area contributed by atoms with Gasteiger partial charge in [0, 0.05) is 24.6 Å². The minimum absolute atomic E-state index is 0.141. The highest BCUT2D eigenvalue weighted by Gasteiger charge is 2.08. The number of benzene rings is 1. The second kappa shape index (κ2) is 5.97. The summed E-state index contributed by atoms with van der Waals surface area (Å²) in [7, 11) is 3.05. The molecule has 0 amide bonds. The molecule has 0 aliphatic carbocycles. The van der Waals surface area contributed by atoms with E-state index in [9.17, 15) is 9.59 Å². The van der Waals surface area contributed by atoms with Crippen molar-refractivity contribution in [2.24, 2.45) is 14.1 Å². The zero-order valence-electron chi connectivity index (χ0n) is 10.9. The Balaban J connectivity index is 2.28. The molecule has 2 aromatic rings. The van der Waals surface area contributed by atoms with Crippen LogP contribution >= 0.6 is 31.9 Å². The molecule has 106 valence electrons. The lowest BCUT2D eigenvalue weighted by atomic mass is 10.3. The second-order valence-electron chi connectivity index (χ2n) is 4.24. The first kappa shape index (κ1) is 15.1. The third-order valence-corrected chi connectivity index (χ3v) is 4.01. The van der Waals surface area contributed by atoms with Gasteiger partial charge in [-0.15, -0.1) is 0 Å². The molecule has 0 fully saturated rings. The lowest BCUT2D eigenvalue weighted by molar-refractivity contribution is 0.291. The summed E-state index contributed by atoms with van der Waals surface area (Å²) in [6.45, 7) is 0.141. The van der Waals surface area contributed by atoms with Crippen molar-refractivity contribution in [2.45, 2.75) is 6.61 Å². The topological polar surface area (TPSA) is 53.2 Å². The Morgan fingerprint density at radius 3 is 2.45 bits per heavy atom. The van der Waals surface area contributed by atoms with Crippen LogP contribution in [0.4, 0.5) is 0 Å². The van der Waals surface area contributed by atoms with E-state index in [0.29, 0.717) is 11.4 Å². The molecule has 2 rings (SSSR count). The highest BCUT2D eigenvalue weighted by atomic mass is 79.9. The molecule has 0 unspecified atom stereocenters. The van der Waals surface area contributed by atoms with Gasteiger partial charge in [-0.05, 0) is 34.1 Å². The van der Waals surface area contributed by atoms with E-state index >= 15 is 0 Å². The van der Waals surface area contributed by atoms with Crippen molar-refractivity contribution in [3.63, 3.8) is 0 Å². The summed E-state index contributed by atoms with van der Waals surface area (Å²) in [5, 5.41) is 0. The highest BCUT2D eigenvalue weighted by Crippen LogP contribution is 2.28. The van der Waals surface area contributed by atoms with Crippen molar-refractivity contribution in [3.05, 3.63) is 59.7 Å². The van der Waals surface area contributed by atoms with E-state index in [1.807, 2.05) is 12.1 Å². The van der Waals surface area contributed by atoms with Gasteiger partial charge in [0.1, 0.15) is 12.4 Å². The van der Waals surface area contributed by atoms with Crippen LogP contribution in [0.15, 0.2) is 42.8 Å². The third kappa shape index (κ3) is 3.04. The molecule has 1 aromatic heterocycles. The third-order valence-electron chi connectivity index (χ3n) is 2.89. The van der Waals surface area contributed by atoms with Crippen LogP contribution < -0.4 is 16.0 Å². The molecule has 0 aliphatic rings. The fraction of sp³-hybridized carbons (Fsp3) is 0.231. The number of nitrogens with zero attached hydrogens (tertiary/aromatic N) is 2. The number of hydrogen-bond donors (Lipinski definition) is 0. The molecule has 0 saturated carbocycles. The molecular weight excluding hydrogens is 392 g/mol. The lowest BCUT2D eigenvalue weighted by Crippen LogP contribution is -2.38. The maximum Gasteiger partial charge on any atom is 0.330 e. The first-order chi connectivity index (χ1) is 9.40. The molecule has 0 bridgehead atoms. The fourth-order valence-corrected chi connectivity index (χ4v) is 2.82. The van der Waals surface area contributed by atoms with Crippen LogP contribution in [0.2, 0.25) is 0 Å². The van der Waals surface area contributed by atoms with Crippen LogP contribution in [0, 0.1) is 0 Å². The molecule has 0 spiro atoms. The standard InChI is InChI=1S/C13H12Br2N2O3/c1-16-9(6-12(18)17(2)13(16)19)7-20-11-4-3-8(14)5-10(11)15/h3-6H,7H2,1-2H3. The molecular formula is C13H12Br2N2O3. The Labute approximate surface area is 132 Å². The van der Waals surface area contributed by atoms with E-state index in [0.717, 1.165) is 13.5 Å². The van der Waals surface area contributed by atoms with Crippen molar-refractivity contribution in [2.75, 3.05) is 0 Å². The normalized spacial score (nSPS) is 10.6. The summed E-state index contributed by atoms with van der Waals surface area (Å²) in [6.07, 6.45) is 0. The van der Waals surface area contributed by atoms with Gasteiger partial charge in [-0.3, -0.25) is 13.9 Å². The Bertz CT molecular complexity index is 765. The number of ether oxygens (including phenoxy) is 1. The second-order valence-corrected chi connectivity index (χ2v) is 6.01. The van der Waals surface area contributed by atoms with E-state index < -0.39 is 0 Å². The zero-order valence-corrected chi connectivity index (χ0v) is 14.1. The molecule has 20 heavy (non-hydrogen) atoms. The zero-order chi connectivity index (χ0) is 14.9. The molecule has 7 heteroatoms. The SMILES string of the molecule is Cn1c(COc2ccc(Br)cc2Br)cc(=O)n(C)c1=O. The van der Waals surface area contributed by atoms with Gasteiger partial charge in [-0.2, -0.15) is 0 Å². The van der Waals surface area contributed by atoms with Gasteiger partial charge in [-0.25, -0.2) is 4.79 Å². The van der Waals surface area contributed by atoms with E-state index in [2.05, 4.69) is 31.9 Å². The average molecular weight is 404 g/mol. The Morgan fingerprint density at radius 1 is 1.10 bits per heavy atom. The molecule has 1 aromatic carbocycles. The maximum atomic E-state index is 11.8. The van der Waals surface area contributed by atoms with Crippen LogP contribution in [0.5, 0.6) is 5.75 Å². The smallest absolute Gasteiger partial charge is 0.330 e. The van der Waals surface area contributed by atoms with E-state index in [-0.39, 0.29) is 17.9 Å². The number of hydrogen-bond acceptors (Lipinski definition) is 3. The lowest BCUT2D eigenvalue weighted by Gasteiger charge is -2.12. The Kier molecular flexibility index (Phi) is 4.49. The van der Waals surface area contributed by atoms with Crippen LogP contribution in [0.3, 0.4) is 0 Å². The van der Waals surface area contributed by atoms with Gasteiger partial charge in [0.25, 0.3) is 5.56 Å². The highest BCUT2D eigenvalue weighted by molar-refractivity contribution is 9.11. The monoisotopic (exact) mass is 402 g/mol. The van der Waals surface area contributed by atoms with E-state index in [4.69, 9.17) is 4.74 Å². The summed E-state index contributed by atoms with van der Waals surface area (Å²) in [4.78, 5) is 23.4. The summed E-state index contributed by atoms with van der Waals surface area (Å²) in [5.41, 5.74) is -0.194. The van der Waals surface area contributed by atoms with E-state index in [1.165, 1.54) is 17.7 Å². The van der Waals surface area contributed by atoms with Crippen LogP contribution in [-0.4, -0.2) is 9.13 Å². The Hall–Kier alpha value is -1.34. The number of halogens is 2. The van der Waals surface area contributed by atoms with Gasteiger partial charge in [0.2, 0.25) is 0 Å². The van der Waals surface area contributed by atoms with Gasteiger partial charge in [0.15, 0.2) is 0 Å². The van der Waals surface area contributed by atoms with Gasteiger partial charge in [-0.1, -0.05) is 15.9 Å². The first-order valence-corrected chi connectivity index (χ1v) is 7.32. The summed E-state index contributed by atoms with van der Waals surface area (Å²) in [5.74, 6) is 0.640. The minimum atomic E-state index is -0.369. The van der Waals surface area contributed by atoms with Crippen molar-refractivity contribution in [1.82, 2.24) is 9.13 Å². The Morgan fingerprint density at radius 2 is 1.80 bits per heavy atom. The molecule has 0 radical (unpaired) electrons. The predicted molar refractivity (Wildman–Crippen MR) is 83.1 cm³/mol. The average Bonchev–Trinajstić information content (AvgIpc) is 2.40. The molecule has 0 atom stereocenters.